The maximum atomic E-state index is 15.5. The molecule has 1 aromatic carbocycles. The molecule has 1 aromatic heterocycles. The summed E-state index contributed by atoms with van der Waals surface area (Å²) in [7, 11) is 0. The van der Waals surface area contributed by atoms with E-state index in [-0.39, 0.29) is 68.4 Å². The van der Waals surface area contributed by atoms with Crippen molar-refractivity contribution in [1.82, 2.24) is 15.3 Å². The lowest BCUT2D eigenvalue weighted by molar-refractivity contribution is -0.129. The van der Waals surface area contributed by atoms with Crippen molar-refractivity contribution in [3.05, 3.63) is 52.2 Å². The number of carbonyl (C=O) groups is 1. The van der Waals surface area contributed by atoms with Gasteiger partial charge in [0.15, 0.2) is 6.29 Å². The van der Waals surface area contributed by atoms with Crippen molar-refractivity contribution < 1.29 is 45.3 Å². The number of aryl methyl sites for hydroxylation is 1. The van der Waals surface area contributed by atoms with E-state index in [2.05, 4.69) is 20.6 Å². The second-order valence-corrected chi connectivity index (χ2v) is 10.1. The number of rotatable bonds is 10. The standard InChI is InChI=1S/C26H28F6N4O4/c1-13-34-20(19(28)22(37)36-25(7-8-25)24(29)30)17(23-39-10-11-40-23)21(35-13)33-12-14-4-2-5-15(18(14)27)26(31,32)16-6-3-9-38-16/h2,4-5,16,19,23-24H,3,6-12H2,1H3,(H,36,37)(H,33,34,35)/t16-,19?/m0/s1. The molecular formula is C26H28F6N4O4. The third kappa shape index (κ3) is 5.48. The first-order chi connectivity index (χ1) is 19.0. The van der Waals surface area contributed by atoms with Crippen molar-refractivity contribution in [3.8, 4) is 0 Å². The van der Waals surface area contributed by atoms with Gasteiger partial charge >= 0.3 is 5.92 Å². The Morgan fingerprint density at radius 1 is 1.12 bits per heavy atom. The Morgan fingerprint density at radius 3 is 2.48 bits per heavy atom. The molecule has 2 aromatic rings. The molecule has 40 heavy (non-hydrogen) atoms. The molecule has 3 fully saturated rings. The van der Waals surface area contributed by atoms with Crippen LogP contribution in [-0.2, 0) is 31.5 Å². The minimum atomic E-state index is -3.56. The monoisotopic (exact) mass is 574 g/mol. The molecule has 8 nitrogen and oxygen atoms in total. The lowest BCUT2D eigenvalue weighted by Gasteiger charge is -2.24. The zero-order valence-corrected chi connectivity index (χ0v) is 21.5. The van der Waals surface area contributed by atoms with E-state index in [9.17, 15) is 13.6 Å². The Morgan fingerprint density at radius 2 is 1.85 bits per heavy atom. The Bertz CT molecular complexity index is 1250. The number of carbonyl (C=O) groups excluding carboxylic acids is 1. The van der Waals surface area contributed by atoms with Gasteiger partial charge in [0.1, 0.15) is 29.1 Å². The summed E-state index contributed by atoms with van der Waals surface area (Å²) in [5.41, 5.74) is -3.31. The predicted octanol–water partition coefficient (Wildman–Crippen LogP) is 4.78. The van der Waals surface area contributed by atoms with Crippen LogP contribution < -0.4 is 10.6 Å². The van der Waals surface area contributed by atoms with Crippen LogP contribution in [0.2, 0.25) is 0 Å². The SMILES string of the molecule is Cc1nc(NCc2cccc(C(F)(F)[C@@H]3CCCO3)c2F)c(C2OCCO2)c(C(F)C(=O)NC2(C(F)F)CC2)n1. The van der Waals surface area contributed by atoms with Crippen LogP contribution in [0.5, 0.6) is 0 Å². The lowest BCUT2D eigenvalue weighted by atomic mass is 9.98. The van der Waals surface area contributed by atoms with E-state index >= 15 is 17.6 Å². The summed E-state index contributed by atoms with van der Waals surface area (Å²) < 4.78 is 104. The zero-order chi connectivity index (χ0) is 28.7. The first-order valence-corrected chi connectivity index (χ1v) is 12.9. The van der Waals surface area contributed by atoms with Crippen molar-refractivity contribution in [2.45, 2.75) is 75.6 Å². The van der Waals surface area contributed by atoms with Crippen LogP contribution in [0, 0.1) is 12.7 Å². The molecule has 1 amide bonds. The van der Waals surface area contributed by atoms with Gasteiger partial charge < -0.3 is 24.8 Å². The van der Waals surface area contributed by atoms with Crippen molar-refractivity contribution in [3.63, 3.8) is 0 Å². The fraction of sp³-hybridized carbons (Fsp3) is 0.577. The lowest BCUT2D eigenvalue weighted by Crippen LogP contribution is -2.44. The molecule has 2 atom stereocenters. The fourth-order valence-corrected chi connectivity index (χ4v) is 4.84. The molecule has 1 aliphatic carbocycles. The second-order valence-electron chi connectivity index (χ2n) is 10.1. The van der Waals surface area contributed by atoms with Crippen LogP contribution in [0.4, 0.5) is 32.2 Å². The van der Waals surface area contributed by atoms with Crippen molar-refractivity contribution in [2.24, 2.45) is 0 Å². The highest BCUT2D eigenvalue weighted by atomic mass is 19.3. The van der Waals surface area contributed by atoms with Crippen LogP contribution in [0.3, 0.4) is 0 Å². The van der Waals surface area contributed by atoms with Crippen LogP contribution in [0.25, 0.3) is 0 Å². The maximum absolute atomic E-state index is 15.5. The molecule has 0 radical (unpaired) electrons. The Hall–Kier alpha value is -2.97. The summed E-state index contributed by atoms with van der Waals surface area (Å²) in [4.78, 5) is 20.9. The van der Waals surface area contributed by atoms with Crippen LogP contribution in [0.15, 0.2) is 18.2 Å². The topological polar surface area (TPSA) is 94.6 Å². The van der Waals surface area contributed by atoms with Gasteiger partial charge in [-0.3, -0.25) is 4.79 Å². The number of ether oxygens (including phenoxy) is 3. The molecule has 1 unspecified atom stereocenters. The van der Waals surface area contributed by atoms with Gasteiger partial charge in [0.2, 0.25) is 6.17 Å². The summed E-state index contributed by atoms with van der Waals surface area (Å²) in [6.07, 6.45) is -7.43. The first kappa shape index (κ1) is 28.6. The average Bonchev–Trinajstić information content (AvgIpc) is 3.29. The molecule has 3 aliphatic rings. The van der Waals surface area contributed by atoms with E-state index in [1.807, 2.05) is 0 Å². The summed E-state index contributed by atoms with van der Waals surface area (Å²) in [6, 6.07) is 3.59. The second kappa shape index (κ2) is 11.1. The molecule has 0 bridgehead atoms. The van der Waals surface area contributed by atoms with Gasteiger partial charge in [0, 0.05) is 18.7 Å². The van der Waals surface area contributed by atoms with Crippen molar-refractivity contribution >= 4 is 11.7 Å². The number of amides is 1. The first-order valence-electron chi connectivity index (χ1n) is 12.9. The van der Waals surface area contributed by atoms with Gasteiger partial charge in [0.25, 0.3) is 12.3 Å². The molecule has 2 aliphatic heterocycles. The van der Waals surface area contributed by atoms with Gasteiger partial charge in [-0.15, -0.1) is 0 Å². The van der Waals surface area contributed by atoms with Crippen molar-refractivity contribution in [2.75, 3.05) is 25.1 Å². The quantitative estimate of drug-likeness (QED) is 0.395. The normalized spacial score (nSPS) is 21.6. The molecule has 2 saturated heterocycles. The minimum absolute atomic E-state index is 0.00355. The van der Waals surface area contributed by atoms with E-state index in [0.717, 1.165) is 6.07 Å². The number of halogens is 6. The maximum Gasteiger partial charge on any atom is 0.301 e. The highest BCUT2D eigenvalue weighted by Crippen LogP contribution is 2.43. The number of aromatic nitrogens is 2. The van der Waals surface area contributed by atoms with Crippen molar-refractivity contribution in [1.29, 1.82) is 0 Å². The van der Waals surface area contributed by atoms with E-state index < -0.39 is 59.4 Å². The molecule has 5 rings (SSSR count). The van der Waals surface area contributed by atoms with E-state index in [1.165, 1.54) is 19.1 Å². The minimum Gasteiger partial charge on any atom is -0.372 e. The predicted molar refractivity (Wildman–Crippen MR) is 128 cm³/mol. The number of hydrogen-bond acceptors (Lipinski definition) is 7. The van der Waals surface area contributed by atoms with E-state index in [1.54, 1.807) is 0 Å². The molecule has 218 valence electrons. The highest BCUT2D eigenvalue weighted by molar-refractivity contribution is 5.83. The summed E-state index contributed by atoms with van der Waals surface area (Å²) in [5.74, 6) is -6.09. The molecule has 14 heteroatoms. The third-order valence-electron chi connectivity index (χ3n) is 7.21. The Labute approximate surface area is 225 Å². The number of alkyl halides is 5. The molecule has 3 heterocycles. The van der Waals surface area contributed by atoms with Crippen LogP contribution in [0.1, 0.15) is 66.4 Å². The molecular weight excluding hydrogens is 546 g/mol. The largest absolute Gasteiger partial charge is 0.372 e. The third-order valence-corrected chi connectivity index (χ3v) is 7.21. The van der Waals surface area contributed by atoms with E-state index in [4.69, 9.17) is 14.2 Å². The molecule has 2 N–H and O–H groups in total. The molecule has 0 spiro atoms. The summed E-state index contributed by atoms with van der Waals surface area (Å²) in [6.45, 7) is 1.48. The van der Waals surface area contributed by atoms with Crippen LogP contribution >= 0.6 is 0 Å². The Balaban J connectivity index is 1.43. The smallest absolute Gasteiger partial charge is 0.301 e. The fourth-order valence-electron chi connectivity index (χ4n) is 4.84. The number of nitrogens with one attached hydrogen (secondary N) is 2. The van der Waals surface area contributed by atoms with E-state index in [0.29, 0.717) is 6.42 Å². The van der Waals surface area contributed by atoms with Gasteiger partial charge in [0.05, 0.1) is 30.0 Å². The summed E-state index contributed by atoms with van der Waals surface area (Å²) in [5, 5.41) is 4.88. The Kier molecular flexibility index (Phi) is 7.94. The van der Waals surface area contributed by atoms with Gasteiger partial charge in [-0.25, -0.2) is 27.5 Å². The zero-order valence-electron chi connectivity index (χ0n) is 21.5. The van der Waals surface area contributed by atoms with Gasteiger partial charge in [-0.05, 0) is 38.7 Å². The number of nitrogens with zero attached hydrogens (tertiary/aromatic N) is 2. The molecule has 1 saturated carbocycles. The number of anilines is 1. The van der Waals surface area contributed by atoms with Crippen LogP contribution in [-0.4, -0.2) is 53.8 Å². The average molecular weight is 575 g/mol. The summed E-state index contributed by atoms with van der Waals surface area (Å²) >= 11 is 0. The van der Waals surface area contributed by atoms with Gasteiger partial charge in [-0.2, -0.15) is 8.78 Å². The van der Waals surface area contributed by atoms with Gasteiger partial charge in [-0.1, -0.05) is 12.1 Å². The number of benzene rings is 1. The highest BCUT2D eigenvalue weighted by Gasteiger charge is 2.53. The number of hydrogen-bond donors (Lipinski definition) is 2.